The number of thiazole rings is 1. The molecule has 1 fully saturated rings. The molecule has 1 saturated carbocycles. The normalized spacial score (nSPS) is 21.4. The zero-order valence-corrected chi connectivity index (χ0v) is 11.4. The Kier molecular flexibility index (Phi) is 2.89. The number of nitrogens with zero attached hydrogens (tertiary/aromatic N) is 1. The van der Waals surface area contributed by atoms with Crippen molar-refractivity contribution in [3.8, 4) is 11.3 Å². The van der Waals surface area contributed by atoms with E-state index in [4.69, 9.17) is 23.2 Å². The van der Waals surface area contributed by atoms with Gasteiger partial charge in [0.15, 0.2) is 0 Å². The van der Waals surface area contributed by atoms with Crippen LogP contribution in [-0.2, 0) is 6.42 Å². The molecule has 0 aliphatic heterocycles. The molecule has 1 nitrogen and oxygen atoms in total. The molecule has 1 aromatic carbocycles. The van der Waals surface area contributed by atoms with E-state index >= 15 is 0 Å². The molecule has 1 atom stereocenters. The summed E-state index contributed by atoms with van der Waals surface area (Å²) in [5.74, 6) is 0.376. The van der Waals surface area contributed by atoms with Crippen molar-refractivity contribution in [2.24, 2.45) is 5.92 Å². The van der Waals surface area contributed by atoms with E-state index in [0.717, 1.165) is 29.1 Å². The number of hydrogen-bond acceptors (Lipinski definition) is 2. The van der Waals surface area contributed by atoms with E-state index in [1.807, 2.05) is 18.2 Å². The lowest BCUT2D eigenvalue weighted by atomic mass is 10.2. The maximum Gasteiger partial charge on any atom is 0.122 e. The summed E-state index contributed by atoms with van der Waals surface area (Å²) < 4.78 is -0.501. The minimum atomic E-state index is -0.501. The molecule has 0 radical (unpaired) electrons. The van der Waals surface area contributed by atoms with Gasteiger partial charge in [0.05, 0.1) is 10.7 Å². The molecule has 2 aromatic rings. The van der Waals surface area contributed by atoms with Crippen molar-refractivity contribution in [1.29, 1.82) is 0 Å². The highest BCUT2D eigenvalue weighted by molar-refractivity contribution is 7.09. The van der Waals surface area contributed by atoms with Crippen LogP contribution in [0.15, 0.2) is 35.7 Å². The van der Waals surface area contributed by atoms with Crippen LogP contribution in [0.4, 0.5) is 0 Å². The van der Waals surface area contributed by atoms with Gasteiger partial charge in [-0.15, -0.1) is 34.5 Å². The molecule has 0 amide bonds. The van der Waals surface area contributed by atoms with Crippen LogP contribution in [0.5, 0.6) is 0 Å². The Bertz CT molecular complexity index is 521. The summed E-state index contributed by atoms with van der Waals surface area (Å²) in [6.45, 7) is 0. The van der Waals surface area contributed by atoms with E-state index in [0.29, 0.717) is 5.92 Å². The monoisotopic (exact) mass is 283 g/mol. The molecule has 1 heterocycles. The number of halogens is 2. The highest BCUT2D eigenvalue weighted by Gasteiger charge is 2.51. The molecule has 0 spiro atoms. The Hall–Kier alpha value is -0.570. The fraction of sp³-hybridized carbons (Fsp3) is 0.308. The summed E-state index contributed by atoms with van der Waals surface area (Å²) in [6, 6.07) is 10.2. The summed E-state index contributed by atoms with van der Waals surface area (Å²) in [4.78, 5) is 4.63. The van der Waals surface area contributed by atoms with Gasteiger partial charge < -0.3 is 0 Å². The topological polar surface area (TPSA) is 12.9 Å². The van der Waals surface area contributed by atoms with Crippen LogP contribution in [0.3, 0.4) is 0 Å². The van der Waals surface area contributed by atoms with E-state index in [1.54, 1.807) is 11.3 Å². The quantitative estimate of drug-likeness (QED) is 0.754. The first-order valence-corrected chi connectivity index (χ1v) is 7.16. The van der Waals surface area contributed by atoms with Gasteiger partial charge in [0, 0.05) is 23.3 Å². The van der Waals surface area contributed by atoms with Crippen LogP contribution in [0.1, 0.15) is 11.4 Å². The lowest BCUT2D eigenvalue weighted by Crippen LogP contribution is -1.94. The van der Waals surface area contributed by atoms with E-state index < -0.39 is 4.33 Å². The van der Waals surface area contributed by atoms with Crippen LogP contribution < -0.4 is 0 Å². The summed E-state index contributed by atoms with van der Waals surface area (Å²) in [7, 11) is 0. The SMILES string of the molecule is ClC1(Cl)CC1Cc1nc(-c2ccccc2)cs1. The molecule has 0 N–H and O–H groups in total. The zero-order chi connectivity index (χ0) is 11.9. The molecule has 0 saturated heterocycles. The third kappa shape index (κ3) is 2.49. The predicted molar refractivity (Wildman–Crippen MR) is 73.8 cm³/mol. The van der Waals surface area contributed by atoms with Gasteiger partial charge in [0.1, 0.15) is 4.33 Å². The standard InChI is InChI=1S/C13H11Cl2NS/c14-13(15)7-10(13)6-12-16-11(8-17-12)9-4-2-1-3-5-9/h1-5,8,10H,6-7H2. The smallest absolute Gasteiger partial charge is 0.122 e. The minimum absolute atomic E-state index is 0.376. The number of rotatable bonds is 3. The van der Waals surface area contributed by atoms with Crippen molar-refractivity contribution in [3.63, 3.8) is 0 Å². The second-order valence-electron chi connectivity index (χ2n) is 4.36. The molecular weight excluding hydrogens is 273 g/mol. The third-order valence-corrected chi connectivity index (χ3v) is 4.79. The maximum absolute atomic E-state index is 6.02. The highest BCUT2D eigenvalue weighted by atomic mass is 35.5. The molecule has 17 heavy (non-hydrogen) atoms. The summed E-state index contributed by atoms with van der Waals surface area (Å²) in [5.41, 5.74) is 2.20. The number of aromatic nitrogens is 1. The molecular formula is C13H11Cl2NS. The van der Waals surface area contributed by atoms with Crippen molar-refractivity contribution in [3.05, 3.63) is 40.7 Å². The Morgan fingerprint density at radius 2 is 2.00 bits per heavy atom. The molecule has 1 aliphatic rings. The van der Waals surface area contributed by atoms with Crippen LogP contribution in [-0.4, -0.2) is 9.32 Å². The van der Waals surface area contributed by atoms with Crippen molar-refractivity contribution in [1.82, 2.24) is 4.98 Å². The molecule has 1 aromatic heterocycles. The van der Waals surface area contributed by atoms with Gasteiger partial charge in [0.2, 0.25) is 0 Å². The van der Waals surface area contributed by atoms with Crippen LogP contribution in [0, 0.1) is 5.92 Å². The van der Waals surface area contributed by atoms with E-state index in [2.05, 4.69) is 22.5 Å². The second kappa shape index (κ2) is 4.27. The number of alkyl halides is 2. The fourth-order valence-electron chi connectivity index (χ4n) is 1.85. The zero-order valence-electron chi connectivity index (χ0n) is 9.07. The predicted octanol–water partition coefficient (Wildman–Crippen LogP) is 4.55. The van der Waals surface area contributed by atoms with E-state index in [1.165, 1.54) is 0 Å². The first-order chi connectivity index (χ1) is 8.15. The Balaban J connectivity index is 1.75. The third-order valence-electron chi connectivity index (χ3n) is 3.00. The van der Waals surface area contributed by atoms with E-state index in [-0.39, 0.29) is 0 Å². The minimum Gasteiger partial charge on any atom is -0.241 e. The van der Waals surface area contributed by atoms with Gasteiger partial charge >= 0.3 is 0 Å². The summed E-state index contributed by atoms with van der Waals surface area (Å²) in [5, 5.41) is 3.22. The molecule has 1 aliphatic carbocycles. The number of benzene rings is 1. The average molecular weight is 284 g/mol. The largest absolute Gasteiger partial charge is 0.241 e. The highest BCUT2D eigenvalue weighted by Crippen LogP contribution is 2.54. The second-order valence-corrected chi connectivity index (χ2v) is 6.84. The van der Waals surface area contributed by atoms with Crippen molar-refractivity contribution < 1.29 is 0 Å². The van der Waals surface area contributed by atoms with Crippen LogP contribution >= 0.6 is 34.5 Å². The van der Waals surface area contributed by atoms with Crippen LogP contribution in [0.2, 0.25) is 0 Å². The van der Waals surface area contributed by atoms with Gasteiger partial charge in [-0.1, -0.05) is 30.3 Å². The molecule has 4 heteroatoms. The van der Waals surface area contributed by atoms with Gasteiger partial charge in [-0.2, -0.15) is 0 Å². The Labute approximate surface area is 114 Å². The summed E-state index contributed by atoms with van der Waals surface area (Å²) in [6.07, 6.45) is 1.78. The van der Waals surface area contributed by atoms with Gasteiger partial charge in [0.25, 0.3) is 0 Å². The fourth-order valence-corrected chi connectivity index (χ4v) is 3.26. The summed E-state index contributed by atoms with van der Waals surface area (Å²) >= 11 is 13.7. The first kappa shape index (κ1) is 11.5. The average Bonchev–Trinajstić information content (AvgIpc) is 2.76. The molecule has 88 valence electrons. The number of hydrogen-bond donors (Lipinski definition) is 0. The molecule has 1 unspecified atom stereocenters. The van der Waals surface area contributed by atoms with Crippen molar-refractivity contribution in [2.45, 2.75) is 17.2 Å². The van der Waals surface area contributed by atoms with Crippen molar-refractivity contribution >= 4 is 34.5 Å². The van der Waals surface area contributed by atoms with Gasteiger partial charge in [-0.25, -0.2) is 4.98 Å². The van der Waals surface area contributed by atoms with Gasteiger partial charge in [-0.05, 0) is 6.42 Å². The molecule has 0 bridgehead atoms. The molecule has 3 rings (SSSR count). The first-order valence-electron chi connectivity index (χ1n) is 5.53. The lowest BCUT2D eigenvalue weighted by molar-refractivity contribution is 0.813. The Morgan fingerprint density at radius 3 is 2.65 bits per heavy atom. The van der Waals surface area contributed by atoms with Crippen LogP contribution in [0.25, 0.3) is 11.3 Å². The van der Waals surface area contributed by atoms with Crippen molar-refractivity contribution in [2.75, 3.05) is 0 Å². The van der Waals surface area contributed by atoms with E-state index in [9.17, 15) is 0 Å². The Morgan fingerprint density at radius 1 is 1.29 bits per heavy atom. The maximum atomic E-state index is 6.02. The lowest BCUT2D eigenvalue weighted by Gasteiger charge is -1.96. The van der Waals surface area contributed by atoms with Gasteiger partial charge in [-0.3, -0.25) is 0 Å².